The molecule has 36 heavy (non-hydrogen) atoms. The molecule has 3 heterocycles. The first kappa shape index (κ1) is 24.0. The predicted octanol–water partition coefficient (Wildman–Crippen LogP) is 4.22. The second kappa shape index (κ2) is 9.75. The maximum Gasteiger partial charge on any atom is 0.251 e. The van der Waals surface area contributed by atoms with Crippen LogP contribution < -0.4 is 16.0 Å². The van der Waals surface area contributed by atoms with Crippen molar-refractivity contribution in [2.45, 2.75) is 65.0 Å². The number of hydrogen-bond donors (Lipinski definition) is 4. The Morgan fingerprint density at radius 3 is 2.75 bits per heavy atom. The van der Waals surface area contributed by atoms with Gasteiger partial charge in [0, 0.05) is 30.9 Å². The molecular weight excluding hydrogens is 454 g/mol. The second-order valence-electron chi connectivity index (χ2n) is 10.9. The molecule has 3 unspecified atom stereocenters. The zero-order valence-electron chi connectivity index (χ0n) is 21.4. The number of fused-ring (bicyclic) bond motifs is 1. The number of rotatable bonds is 6. The van der Waals surface area contributed by atoms with E-state index in [0.717, 1.165) is 48.9 Å². The van der Waals surface area contributed by atoms with Crippen molar-refractivity contribution in [3.05, 3.63) is 42.5 Å². The van der Waals surface area contributed by atoms with Crippen LogP contribution in [0.4, 0.5) is 17.5 Å². The summed E-state index contributed by atoms with van der Waals surface area (Å²) < 4.78 is 1.72. The molecular formula is C26H35N9O. The minimum atomic E-state index is 0.0187. The maximum absolute atomic E-state index is 12.9. The molecule has 190 valence electrons. The average Bonchev–Trinajstić information content (AvgIpc) is 3.48. The van der Waals surface area contributed by atoms with Gasteiger partial charge >= 0.3 is 0 Å². The molecule has 0 aliphatic heterocycles. The molecule has 0 radical (unpaired) electrons. The highest BCUT2D eigenvalue weighted by Crippen LogP contribution is 2.33. The predicted molar refractivity (Wildman–Crippen MR) is 141 cm³/mol. The Labute approximate surface area is 211 Å². The SMILES string of the molecule is Cn1cc(Nc2nc(NC3CCCC(NC(=O)C4=CCC(C(C)(C)C)C=C4)C3)c3[nH]cnc3n2)cn1. The van der Waals surface area contributed by atoms with Gasteiger partial charge in [-0.1, -0.05) is 39.0 Å². The molecule has 2 aliphatic carbocycles. The molecule has 10 heteroatoms. The number of imidazole rings is 1. The smallest absolute Gasteiger partial charge is 0.251 e. The standard InChI is InChI=1S/C26H35N9O/c1-26(2,3)17-10-8-16(9-11-17)24(36)31-19-7-5-6-18(12-19)30-23-21-22(28-15-27-21)33-25(34-23)32-20-13-29-35(4)14-20/h8-10,13-15,17-19H,5-7,11-12H2,1-4H3,(H,31,36)(H3,27,28,30,32,33,34). The summed E-state index contributed by atoms with van der Waals surface area (Å²) >= 11 is 0. The van der Waals surface area contributed by atoms with Crippen molar-refractivity contribution in [2.24, 2.45) is 18.4 Å². The van der Waals surface area contributed by atoms with Crippen molar-refractivity contribution < 1.29 is 4.79 Å². The molecule has 0 aromatic carbocycles. The Balaban J connectivity index is 1.23. The highest BCUT2D eigenvalue weighted by atomic mass is 16.1. The van der Waals surface area contributed by atoms with E-state index >= 15 is 0 Å². The first-order chi connectivity index (χ1) is 17.2. The fourth-order valence-electron chi connectivity index (χ4n) is 4.95. The Morgan fingerprint density at radius 1 is 1.19 bits per heavy atom. The van der Waals surface area contributed by atoms with Crippen LogP contribution in [0.25, 0.3) is 11.2 Å². The average molecular weight is 490 g/mol. The minimum absolute atomic E-state index is 0.0187. The number of aromatic nitrogens is 6. The van der Waals surface area contributed by atoms with Crippen molar-refractivity contribution in [3.63, 3.8) is 0 Å². The lowest BCUT2D eigenvalue weighted by atomic mass is 9.76. The summed E-state index contributed by atoms with van der Waals surface area (Å²) in [6, 6.07) is 0.295. The molecule has 0 saturated heterocycles. The van der Waals surface area contributed by atoms with Crippen molar-refractivity contribution in [2.75, 3.05) is 10.6 Å². The lowest BCUT2D eigenvalue weighted by Gasteiger charge is -2.32. The molecule has 5 rings (SSSR count). The molecule has 2 aliphatic rings. The highest BCUT2D eigenvalue weighted by Gasteiger charge is 2.27. The topological polar surface area (TPSA) is 125 Å². The summed E-state index contributed by atoms with van der Waals surface area (Å²) in [6.45, 7) is 6.72. The Kier molecular flexibility index (Phi) is 6.51. The van der Waals surface area contributed by atoms with Crippen LogP contribution in [-0.2, 0) is 11.8 Å². The van der Waals surface area contributed by atoms with E-state index in [-0.39, 0.29) is 23.4 Å². The van der Waals surface area contributed by atoms with Crippen molar-refractivity contribution in [1.29, 1.82) is 0 Å². The normalized spacial score (nSPS) is 22.3. The number of carbonyl (C=O) groups is 1. The van der Waals surface area contributed by atoms with Gasteiger partial charge in [-0.2, -0.15) is 15.1 Å². The van der Waals surface area contributed by atoms with Crippen LogP contribution in [0.1, 0.15) is 52.9 Å². The van der Waals surface area contributed by atoms with E-state index in [2.05, 4.69) is 68.9 Å². The largest absolute Gasteiger partial charge is 0.365 e. The van der Waals surface area contributed by atoms with Gasteiger partial charge in [0.1, 0.15) is 5.52 Å². The monoisotopic (exact) mass is 489 g/mol. The van der Waals surface area contributed by atoms with Crippen LogP contribution in [-0.4, -0.2) is 47.7 Å². The van der Waals surface area contributed by atoms with E-state index in [1.165, 1.54) is 0 Å². The van der Waals surface area contributed by atoms with Crippen LogP contribution in [0.15, 0.2) is 42.5 Å². The van der Waals surface area contributed by atoms with Crippen molar-refractivity contribution in [1.82, 2.24) is 35.0 Å². The summed E-state index contributed by atoms with van der Waals surface area (Å²) in [4.78, 5) is 29.6. The van der Waals surface area contributed by atoms with Crippen LogP contribution >= 0.6 is 0 Å². The zero-order chi connectivity index (χ0) is 25.3. The number of nitrogens with one attached hydrogen (secondary N) is 4. The molecule has 0 spiro atoms. The summed E-state index contributed by atoms with van der Waals surface area (Å²) in [7, 11) is 1.86. The number of amides is 1. The van der Waals surface area contributed by atoms with E-state index in [4.69, 9.17) is 4.98 Å². The number of carbonyl (C=O) groups excluding carboxylic acids is 1. The van der Waals surface area contributed by atoms with E-state index < -0.39 is 0 Å². The summed E-state index contributed by atoms with van der Waals surface area (Å²) in [5, 5.41) is 14.2. The Bertz CT molecular complexity index is 1300. The number of H-pyrrole nitrogens is 1. The third kappa shape index (κ3) is 5.42. The van der Waals surface area contributed by atoms with Gasteiger partial charge in [0.05, 0.1) is 18.2 Å². The van der Waals surface area contributed by atoms with Gasteiger partial charge in [-0.25, -0.2) is 4.98 Å². The number of aromatic amines is 1. The van der Waals surface area contributed by atoms with E-state index in [1.54, 1.807) is 17.2 Å². The van der Waals surface area contributed by atoms with Gasteiger partial charge in [-0.05, 0) is 43.4 Å². The van der Waals surface area contributed by atoms with E-state index in [1.807, 2.05) is 19.3 Å². The van der Waals surface area contributed by atoms with Gasteiger partial charge < -0.3 is 20.9 Å². The van der Waals surface area contributed by atoms with Crippen LogP contribution in [0.3, 0.4) is 0 Å². The lowest BCUT2D eigenvalue weighted by Crippen LogP contribution is -2.42. The minimum Gasteiger partial charge on any atom is -0.365 e. The van der Waals surface area contributed by atoms with Crippen LogP contribution in [0.2, 0.25) is 0 Å². The maximum atomic E-state index is 12.9. The van der Waals surface area contributed by atoms with Crippen LogP contribution in [0, 0.1) is 11.3 Å². The first-order valence-corrected chi connectivity index (χ1v) is 12.7. The molecule has 10 nitrogen and oxygen atoms in total. The van der Waals surface area contributed by atoms with Gasteiger partial charge in [0.15, 0.2) is 11.5 Å². The van der Waals surface area contributed by atoms with Gasteiger partial charge in [-0.15, -0.1) is 0 Å². The third-order valence-electron chi connectivity index (χ3n) is 7.07. The molecule has 4 N–H and O–H groups in total. The number of anilines is 3. The summed E-state index contributed by atoms with van der Waals surface area (Å²) in [5.74, 6) is 1.63. The Hall–Kier alpha value is -3.69. The summed E-state index contributed by atoms with van der Waals surface area (Å²) in [5.41, 5.74) is 3.13. The number of allylic oxidation sites excluding steroid dienone is 2. The van der Waals surface area contributed by atoms with E-state index in [9.17, 15) is 4.79 Å². The number of hydrogen-bond acceptors (Lipinski definition) is 7. The van der Waals surface area contributed by atoms with Gasteiger partial charge in [-0.3, -0.25) is 9.48 Å². The molecule has 3 aromatic rings. The third-order valence-corrected chi connectivity index (χ3v) is 7.07. The molecule has 1 fully saturated rings. The first-order valence-electron chi connectivity index (χ1n) is 12.7. The quantitative estimate of drug-likeness (QED) is 0.408. The van der Waals surface area contributed by atoms with E-state index in [0.29, 0.717) is 23.3 Å². The number of aryl methyl sites for hydroxylation is 1. The van der Waals surface area contributed by atoms with Crippen LogP contribution in [0.5, 0.6) is 0 Å². The van der Waals surface area contributed by atoms with Gasteiger partial charge in [0.25, 0.3) is 5.91 Å². The van der Waals surface area contributed by atoms with Gasteiger partial charge in [0.2, 0.25) is 5.95 Å². The second-order valence-corrected chi connectivity index (χ2v) is 10.9. The fourth-order valence-corrected chi connectivity index (χ4v) is 4.95. The Morgan fingerprint density at radius 2 is 2.03 bits per heavy atom. The zero-order valence-corrected chi connectivity index (χ0v) is 21.4. The molecule has 0 bridgehead atoms. The lowest BCUT2D eigenvalue weighted by molar-refractivity contribution is -0.118. The molecule has 1 amide bonds. The van der Waals surface area contributed by atoms with Crippen molar-refractivity contribution >= 4 is 34.5 Å². The van der Waals surface area contributed by atoms with Crippen molar-refractivity contribution in [3.8, 4) is 0 Å². The molecule has 3 atom stereocenters. The number of nitrogens with zero attached hydrogens (tertiary/aromatic N) is 5. The fraction of sp³-hybridized carbons (Fsp3) is 0.500. The molecule has 3 aromatic heterocycles. The highest BCUT2D eigenvalue weighted by molar-refractivity contribution is 5.96. The molecule has 1 saturated carbocycles. The summed E-state index contributed by atoms with van der Waals surface area (Å²) in [6.07, 6.45) is 16.2.